The number of ether oxygens (including phenoxy) is 2. The molecule has 0 aliphatic carbocycles. The zero-order valence-electron chi connectivity index (χ0n) is 15.0. The molecule has 0 aromatic heterocycles. The van der Waals surface area contributed by atoms with Crippen LogP contribution >= 0.6 is 0 Å². The Balaban J connectivity index is 3.73. The zero-order valence-corrected chi connectivity index (χ0v) is 15.0. The lowest BCUT2D eigenvalue weighted by Crippen LogP contribution is -2.41. The van der Waals surface area contributed by atoms with E-state index < -0.39 is 0 Å². The van der Waals surface area contributed by atoms with Gasteiger partial charge in [-0.2, -0.15) is 0 Å². The fourth-order valence-electron chi connectivity index (χ4n) is 2.28. The number of hydrogen-bond acceptors (Lipinski definition) is 3. The summed E-state index contributed by atoms with van der Waals surface area (Å²) in [6.07, 6.45) is 12.3. The summed E-state index contributed by atoms with van der Waals surface area (Å²) in [5.41, 5.74) is 0. The van der Waals surface area contributed by atoms with Crippen LogP contribution in [-0.2, 0) is 9.47 Å². The van der Waals surface area contributed by atoms with Crippen LogP contribution in [0.2, 0.25) is 0 Å². The van der Waals surface area contributed by atoms with E-state index in [1.54, 1.807) is 0 Å². The van der Waals surface area contributed by atoms with Crippen LogP contribution in [0.1, 0.15) is 91.9 Å². The predicted molar refractivity (Wildman–Crippen MR) is 91.5 cm³/mol. The van der Waals surface area contributed by atoms with Gasteiger partial charge in [0.25, 0.3) is 0 Å². The maximum Gasteiger partial charge on any atom is 0.109 e. The Hall–Kier alpha value is -0.120. The summed E-state index contributed by atoms with van der Waals surface area (Å²) < 4.78 is 11.8. The summed E-state index contributed by atoms with van der Waals surface area (Å²) in [5, 5.41) is 3.49. The molecule has 21 heavy (non-hydrogen) atoms. The molecular formula is C18H39NO2. The molecule has 0 aliphatic heterocycles. The summed E-state index contributed by atoms with van der Waals surface area (Å²) in [6, 6.07) is 0. The van der Waals surface area contributed by atoms with Crippen molar-refractivity contribution in [3.05, 3.63) is 0 Å². The normalized spacial score (nSPS) is 14.3. The second-order valence-electron chi connectivity index (χ2n) is 5.82. The number of hydrogen-bond donors (Lipinski definition) is 1. The first kappa shape index (κ1) is 20.9. The molecule has 0 saturated carbocycles. The van der Waals surface area contributed by atoms with E-state index in [2.05, 4.69) is 33.0 Å². The first-order valence-corrected chi connectivity index (χ1v) is 9.27. The topological polar surface area (TPSA) is 30.5 Å². The first-order valence-electron chi connectivity index (χ1n) is 9.27. The zero-order chi connectivity index (χ0) is 15.8. The standard InChI is InChI=1S/C18H39NO2/c1-5-9-11-13-15-20-17(7-3)19-18(8-4)21-16-14-12-10-6-2/h17-19H,5-16H2,1-4H3. The lowest BCUT2D eigenvalue weighted by molar-refractivity contribution is -0.0493. The molecule has 0 aliphatic rings. The molecule has 0 spiro atoms. The third-order valence-electron chi connectivity index (χ3n) is 3.75. The van der Waals surface area contributed by atoms with Gasteiger partial charge in [-0.1, -0.05) is 66.2 Å². The molecule has 3 nitrogen and oxygen atoms in total. The van der Waals surface area contributed by atoms with E-state index in [4.69, 9.17) is 9.47 Å². The van der Waals surface area contributed by atoms with Crippen molar-refractivity contribution in [2.45, 2.75) is 104 Å². The van der Waals surface area contributed by atoms with Crippen LogP contribution in [0.15, 0.2) is 0 Å². The summed E-state index contributed by atoms with van der Waals surface area (Å²) >= 11 is 0. The summed E-state index contributed by atoms with van der Waals surface area (Å²) in [5.74, 6) is 0. The molecule has 0 amide bonds. The van der Waals surface area contributed by atoms with Crippen LogP contribution in [0.25, 0.3) is 0 Å². The van der Waals surface area contributed by atoms with Crippen LogP contribution < -0.4 is 5.32 Å². The third kappa shape index (κ3) is 13.3. The molecule has 0 bridgehead atoms. The van der Waals surface area contributed by atoms with Crippen molar-refractivity contribution in [1.82, 2.24) is 5.32 Å². The molecule has 0 saturated heterocycles. The highest BCUT2D eigenvalue weighted by molar-refractivity contribution is 4.59. The van der Waals surface area contributed by atoms with Gasteiger partial charge in [0, 0.05) is 13.2 Å². The van der Waals surface area contributed by atoms with Crippen molar-refractivity contribution < 1.29 is 9.47 Å². The number of nitrogens with one attached hydrogen (secondary N) is 1. The number of rotatable bonds is 16. The molecule has 2 atom stereocenters. The van der Waals surface area contributed by atoms with Crippen LogP contribution in [-0.4, -0.2) is 25.7 Å². The highest BCUT2D eigenvalue weighted by Crippen LogP contribution is 2.06. The predicted octanol–water partition coefficient (Wildman–Crippen LogP) is 5.24. The van der Waals surface area contributed by atoms with Gasteiger partial charge in [0.05, 0.1) is 0 Å². The maximum absolute atomic E-state index is 5.92. The Kier molecular flexibility index (Phi) is 16.2. The SMILES string of the molecule is CCCCCCOC(CC)NC(CC)OCCCCCC. The smallest absolute Gasteiger partial charge is 0.109 e. The highest BCUT2D eigenvalue weighted by Gasteiger charge is 2.12. The fraction of sp³-hybridized carbons (Fsp3) is 1.00. The minimum Gasteiger partial charge on any atom is -0.363 e. The Bertz CT molecular complexity index is 180. The van der Waals surface area contributed by atoms with E-state index >= 15 is 0 Å². The monoisotopic (exact) mass is 301 g/mol. The molecule has 0 fully saturated rings. The Morgan fingerprint density at radius 1 is 0.619 bits per heavy atom. The van der Waals surface area contributed by atoms with E-state index in [1.165, 1.54) is 51.4 Å². The van der Waals surface area contributed by atoms with E-state index in [-0.39, 0.29) is 12.5 Å². The van der Waals surface area contributed by atoms with Gasteiger partial charge in [-0.15, -0.1) is 0 Å². The van der Waals surface area contributed by atoms with Crippen molar-refractivity contribution in [2.75, 3.05) is 13.2 Å². The minimum absolute atomic E-state index is 0.132. The molecular weight excluding hydrogens is 262 g/mol. The Morgan fingerprint density at radius 2 is 1.05 bits per heavy atom. The van der Waals surface area contributed by atoms with Gasteiger partial charge in [-0.25, -0.2) is 0 Å². The molecule has 3 heteroatoms. The van der Waals surface area contributed by atoms with Gasteiger partial charge in [-0.3, -0.25) is 5.32 Å². The highest BCUT2D eigenvalue weighted by atomic mass is 16.5. The maximum atomic E-state index is 5.92. The molecule has 1 N–H and O–H groups in total. The molecule has 0 radical (unpaired) electrons. The van der Waals surface area contributed by atoms with E-state index in [0.29, 0.717) is 0 Å². The third-order valence-corrected chi connectivity index (χ3v) is 3.75. The van der Waals surface area contributed by atoms with Crippen molar-refractivity contribution in [1.29, 1.82) is 0 Å². The van der Waals surface area contributed by atoms with E-state index in [9.17, 15) is 0 Å². The summed E-state index contributed by atoms with van der Waals surface area (Å²) in [4.78, 5) is 0. The molecule has 128 valence electrons. The summed E-state index contributed by atoms with van der Waals surface area (Å²) in [7, 11) is 0. The summed E-state index contributed by atoms with van der Waals surface area (Å²) in [6.45, 7) is 10.5. The van der Waals surface area contributed by atoms with Crippen LogP contribution in [0.3, 0.4) is 0 Å². The minimum atomic E-state index is 0.132. The van der Waals surface area contributed by atoms with Gasteiger partial charge in [0.15, 0.2) is 0 Å². The van der Waals surface area contributed by atoms with Gasteiger partial charge in [-0.05, 0) is 25.7 Å². The van der Waals surface area contributed by atoms with Crippen molar-refractivity contribution >= 4 is 0 Å². The fourth-order valence-corrected chi connectivity index (χ4v) is 2.28. The molecule has 2 unspecified atom stereocenters. The average Bonchev–Trinajstić information content (AvgIpc) is 2.51. The van der Waals surface area contributed by atoms with Crippen molar-refractivity contribution in [3.63, 3.8) is 0 Å². The Labute approximate surface area is 133 Å². The van der Waals surface area contributed by atoms with Gasteiger partial charge >= 0.3 is 0 Å². The molecule has 0 aromatic carbocycles. The lowest BCUT2D eigenvalue weighted by atomic mass is 10.2. The largest absolute Gasteiger partial charge is 0.363 e. The van der Waals surface area contributed by atoms with Crippen LogP contribution in [0.4, 0.5) is 0 Å². The van der Waals surface area contributed by atoms with Crippen molar-refractivity contribution in [2.24, 2.45) is 0 Å². The lowest BCUT2D eigenvalue weighted by Gasteiger charge is -2.24. The van der Waals surface area contributed by atoms with Gasteiger partial charge in [0.2, 0.25) is 0 Å². The second kappa shape index (κ2) is 16.3. The molecule has 0 aromatic rings. The second-order valence-corrected chi connectivity index (χ2v) is 5.82. The van der Waals surface area contributed by atoms with Crippen LogP contribution in [0.5, 0.6) is 0 Å². The van der Waals surface area contributed by atoms with Crippen LogP contribution in [0, 0.1) is 0 Å². The first-order chi connectivity index (χ1) is 10.3. The van der Waals surface area contributed by atoms with Gasteiger partial charge < -0.3 is 9.47 Å². The molecule has 0 rings (SSSR count). The quantitative estimate of drug-likeness (QED) is 0.312. The van der Waals surface area contributed by atoms with E-state index in [1.807, 2.05) is 0 Å². The average molecular weight is 302 g/mol. The Morgan fingerprint density at radius 3 is 1.38 bits per heavy atom. The number of unbranched alkanes of at least 4 members (excludes halogenated alkanes) is 6. The molecule has 0 heterocycles. The van der Waals surface area contributed by atoms with Gasteiger partial charge in [0.1, 0.15) is 12.5 Å². The van der Waals surface area contributed by atoms with Crippen molar-refractivity contribution in [3.8, 4) is 0 Å². The van der Waals surface area contributed by atoms with E-state index in [0.717, 1.165) is 26.1 Å².